The SMILES string of the molecule is Brc1cc2oc3ccccc3c2cc1-c1ccccc1. The van der Waals surface area contributed by atoms with Crippen LogP contribution in [0.4, 0.5) is 0 Å². The zero-order valence-electron chi connectivity index (χ0n) is 10.6. The molecule has 0 fully saturated rings. The van der Waals surface area contributed by atoms with Crippen molar-refractivity contribution < 1.29 is 4.42 Å². The van der Waals surface area contributed by atoms with Crippen LogP contribution < -0.4 is 0 Å². The van der Waals surface area contributed by atoms with E-state index in [1.165, 1.54) is 11.1 Å². The third kappa shape index (κ3) is 1.76. The molecule has 0 bridgehead atoms. The standard InChI is InChI=1S/C18H11BrO/c19-16-11-18-15(13-8-4-5-9-17(13)20-18)10-14(16)12-6-2-1-3-7-12/h1-11H. The molecule has 0 N–H and O–H groups in total. The number of fused-ring (bicyclic) bond motifs is 3. The van der Waals surface area contributed by atoms with Crippen molar-refractivity contribution in [3.8, 4) is 11.1 Å². The number of benzene rings is 3. The minimum Gasteiger partial charge on any atom is -0.456 e. The average molecular weight is 323 g/mol. The van der Waals surface area contributed by atoms with Gasteiger partial charge in [0, 0.05) is 15.2 Å². The van der Waals surface area contributed by atoms with E-state index in [9.17, 15) is 0 Å². The van der Waals surface area contributed by atoms with Gasteiger partial charge in [-0.3, -0.25) is 0 Å². The van der Waals surface area contributed by atoms with Crippen LogP contribution in [-0.2, 0) is 0 Å². The lowest BCUT2D eigenvalue weighted by Crippen LogP contribution is -1.79. The summed E-state index contributed by atoms with van der Waals surface area (Å²) in [5.74, 6) is 0. The Bertz CT molecular complexity index is 907. The summed E-state index contributed by atoms with van der Waals surface area (Å²) in [5.41, 5.74) is 4.23. The normalized spacial score (nSPS) is 11.2. The lowest BCUT2D eigenvalue weighted by Gasteiger charge is -2.04. The molecule has 1 aromatic heterocycles. The highest BCUT2D eigenvalue weighted by molar-refractivity contribution is 9.10. The molecule has 1 heterocycles. The van der Waals surface area contributed by atoms with Crippen LogP contribution in [0.15, 0.2) is 75.6 Å². The van der Waals surface area contributed by atoms with Crippen molar-refractivity contribution in [2.75, 3.05) is 0 Å². The predicted octanol–water partition coefficient (Wildman–Crippen LogP) is 6.02. The van der Waals surface area contributed by atoms with Gasteiger partial charge in [-0.25, -0.2) is 0 Å². The van der Waals surface area contributed by atoms with Crippen LogP contribution in [0.3, 0.4) is 0 Å². The van der Waals surface area contributed by atoms with Crippen molar-refractivity contribution in [2.24, 2.45) is 0 Å². The minimum atomic E-state index is 0.915. The van der Waals surface area contributed by atoms with Gasteiger partial charge in [0.2, 0.25) is 0 Å². The fraction of sp³-hybridized carbons (Fsp3) is 0. The zero-order chi connectivity index (χ0) is 13.5. The summed E-state index contributed by atoms with van der Waals surface area (Å²) in [5, 5.41) is 2.31. The molecule has 0 unspecified atom stereocenters. The smallest absolute Gasteiger partial charge is 0.136 e. The highest BCUT2D eigenvalue weighted by Crippen LogP contribution is 2.36. The monoisotopic (exact) mass is 322 g/mol. The van der Waals surface area contributed by atoms with Crippen molar-refractivity contribution in [1.29, 1.82) is 0 Å². The van der Waals surface area contributed by atoms with E-state index in [4.69, 9.17) is 4.42 Å². The Balaban J connectivity index is 2.08. The largest absolute Gasteiger partial charge is 0.456 e. The van der Waals surface area contributed by atoms with E-state index in [-0.39, 0.29) is 0 Å². The molecule has 0 saturated carbocycles. The highest BCUT2D eigenvalue weighted by atomic mass is 79.9. The lowest BCUT2D eigenvalue weighted by atomic mass is 10.0. The van der Waals surface area contributed by atoms with E-state index < -0.39 is 0 Å². The Labute approximate surface area is 125 Å². The Morgan fingerprint density at radius 2 is 1.45 bits per heavy atom. The molecule has 2 heteroatoms. The van der Waals surface area contributed by atoms with E-state index >= 15 is 0 Å². The summed E-state index contributed by atoms with van der Waals surface area (Å²) < 4.78 is 6.95. The molecule has 0 spiro atoms. The Kier molecular flexibility index (Phi) is 2.64. The van der Waals surface area contributed by atoms with Crippen molar-refractivity contribution >= 4 is 37.9 Å². The maximum atomic E-state index is 5.89. The summed E-state index contributed by atoms with van der Waals surface area (Å²) in [4.78, 5) is 0. The molecule has 3 aromatic carbocycles. The second-order valence-electron chi connectivity index (χ2n) is 4.79. The van der Waals surface area contributed by atoms with E-state index in [1.807, 2.05) is 24.3 Å². The molecule has 0 saturated heterocycles. The first-order valence-corrected chi connectivity index (χ1v) is 7.28. The fourth-order valence-corrected chi connectivity index (χ4v) is 3.14. The Hall–Kier alpha value is -2.06. The van der Waals surface area contributed by atoms with Gasteiger partial charge in [0.1, 0.15) is 11.2 Å². The van der Waals surface area contributed by atoms with Crippen molar-refractivity contribution in [3.05, 3.63) is 71.2 Å². The van der Waals surface area contributed by atoms with E-state index in [2.05, 4.69) is 58.4 Å². The molecule has 96 valence electrons. The van der Waals surface area contributed by atoms with Crippen LogP contribution in [0.2, 0.25) is 0 Å². The molecule has 4 rings (SSSR count). The number of furan rings is 1. The highest BCUT2D eigenvalue weighted by Gasteiger charge is 2.11. The van der Waals surface area contributed by atoms with Crippen LogP contribution in [-0.4, -0.2) is 0 Å². The van der Waals surface area contributed by atoms with Gasteiger partial charge in [0.15, 0.2) is 0 Å². The Morgan fingerprint density at radius 3 is 2.30 bits per heavy atom. The van der Waals surface area contributed by atoms with Gasteiger partial charge in [0.25, 0.3) is 0 Å². The molecule has 0 amide bonds. The molecule has 1 nitrogen and oxygen atoms in total. The Morgan fingerprint density at radius 1 is 0.700 bits per heavy atom. The van der Waals surface area contributed by atoms with Gasteiger partial charge in [-0.05, 0) is 29.3 Å². The zero-order valence-corrected chi connectivity index (χ0v) is 12.2. The van der Waals surface area contributed by atoms with Crippen LogP contribution in [0.1, 0.15) is 0 Å². The summed E-state index contributed by atoms with van der Waals surface area (Å²) >= 11 is 3.65. The van der Waals surface area contributed by atoms with E-state index in [0.717, 1.165) is 26.4 Å². The minimum absolute atomic E-state index is 0.915. The van der Waals surface area contributed by atoms with Gasteiger partial charge in [0.05, 0.1) is 0 Å². The van der Waals surface area contributed by atoms with Crippen LogP contribution in [0, 0.1) is 0 Å². The van der Waals surface area contributed by atoms with Gasteiger partial charge < -0.3 is 4.42 Å². The van der Waals surface area contributed by atoms with Crippen molar-refractivity contribution in [2.45, 2.75) is 0 Å². The maximum absolute atomic E-state index is 5.89. The average Bonchev–Trinajstić information content (AvgIpc) is 2.84. The van der Waals surface area contributed by atoms with Gasteiger partial charge >= 0.3 is 0 Å². The topological polar surface area (TPSA) is 13.1 Å². The summed E-state index contributed by atoms with van der Waals surface area (Å²) in [6.45, 7) is 0. The van der Waals surface area contributed by atoms with Gasteiger partial charge in [-0.2, -0.15) is 0 Å². The summed E-state index contributed by atoms with van der Waals surface area (Å²) in [6, 6.07) is 22.8. The quantitative estimate of drug-likeness (QED) is 0.418. The number of hydrogen-bond donors (Lipinski definition) is 0. The summed E-state index contributed by atoms with van der Waals surface area (Å²) in [7, 11) is 0. The first-order valence-electron chi connectivity index (χ1n) is 6.49. The number of halogens is 1. The van der Waals surface area contributed by atoms with Gasteiger partial charge in [-0.1, -0.05) is 64.5 Å². The molecule has 4 aromatic rings. The molecule has 0 aliphatic rings. The first kappa shape index (κ1) is 11.7. The van der Waals surface area contributed by atoms with Crippen molar-refractivity contribution in [3.63, 3.8) is 0 Å². The molecule has 20 heavy (non-hydrogen) atoms. The van der Waals surface area contributed by atoms with Crippen molar-refractivity contribution in [1.82, 2.24) is 0 Å². The number of rotatable bonds is 1. The maximum Gasteiger partial charge on any atom is 0.136 e. The van der Waals surface area contributed by atoms with Crippen LogP contribution >= 0.6 is 15.9 Å². The third-order valence-electron chi connectivity index (χ3n) is 3.55. The number of para-hydroxylation sites is 1. The van der Waals surface area contributed by atoms with E-state index in [1.54, 1.807) is 0 Å². The van der Waals surface area contributed by atoms with Crippen LogP contribution in [0.25, 0.3) is 33.1 Å². The molecular formula is C18H11BrO. The third-order valence-corrected chi connectivity index (χ3v) is 4.21. The lowest BCUT2D eigenvalue weighted by molar-refractivity contribution is 0.668. The molecule has 0 atom stereocenters. The molecule has 0 radical (unpaired) electrons. The molecule has 0 aliphatic heterocycles. The fourth-order valence-electron chi connectivity index (χ4n) is 2.59. The molecule has 0 aliphatic carbocycles. The second-order valence-corrected chi connectivity index (χ2v) is 5.65. The first-order chi connectivity index (χ1) is 9.83. The van der Waals surface area contributed by atoms with Gasteiger partial charge in [-0.15, -0.1) is 0 Å². The number of hydrogen-bond acceptors (Lipinski definition) is 1. The van der Waals surface area contributed by atoms with E-state index in [0.29, 0.717) is 0 Å². The molecular weight excluding hydrogens is 312 g/mol. The van der Waals surface area contributed by atoms with Crippen LogP contribution in [0.5, 0.6) is 0 Å². The summed E-state index contributed by atoms with van der Waals surface area (Å²) in [6.07, 6.45) is 0. The second kappa shape index (κ2) is 4.50. The predicted molar refractivity (Wildman–Crippen MR) is 86.9 cm³/mol.